The molecule has 0 fully saturated rings. The molecule has 0 aromatic carbocycles. The molecule has 0 saturated heterocycles. The third kappa shape index (κ3) is 7.91. The van der Waals surface area contributed by atoms with E-state index in [2.05, 4.69) is 18.1 Å². The molecule has 9 heavy (non-hydrogen) atoms. The van der Waals surface area contributed by atoms with Gasteiger partial charge in [0.25, 0.3) is 0 Å². The van der Waals surface area contributed by atoms with Crippen LogP contribution in [0.4, 0.5) is 0 Å². The van der Waals surface area contributed by atoms with Crippen LogP contribution >= 0.6 is 11.8 Å². The standard InChI is InChI=1S/C8H14S/c1-3-4-5-6-7-8-9-2/h5-8H2,1-2H3. The SMILES string of the molecule is CC#CCCCCSC. The molecule has 0 radical (unpaired) electrons. The molecule has 1 heteroatoms. The van der Waals surface area contributed by atoms with Crippen LogP contribution in [0.1, 0.15) is 26.2 Å². The van der Waals surface area contributed by atoms with E-state index in [1.54, 1.807) is 0 Å². The lowest BCUT2D eigenvalue weighted by molar-refractivity contribution is 0.837. The number of rotatable bonds is 4. The van der Waals surface area contributed by atoms with Crippen LogP contribution in [0.15, 0.2) is 0 Å². The van der Waals surface area contributed by atoms with Gasteiger partial charge in [-0.1, -0.05) is 0 Å². The summed E-state index contributed by atoms with van der Waals surface area (Å²) in [5, 5.41) is 0. The van der Waals surface area contributed by atoms with Crippen molar-refractivity contribution in [2.75, 3.05) is 12.0 Å². The summed E-state index contributed by atoms with van der Waals surface area (Å²) in [6, 6.07) is 0. The fraction of sp³-hybridized carbons (Fsp3) is 0.750. The van der Waals surface area contributed by atoms with E-state index in [4.69, 9.17) is 0 Å². The molecule has 0 aromatic rings. The van der Waals surface area contributed by atoms with Crippen molar-refractivity contribution in [2.24, 2.45) is 0 Å². The van der Waals surface area contributed by atoms with Gasteiger partial charge < -0.3 is 0 Å². The van der Waals surface area contributed by atoms with E-state index < -0.39 is 0 Å². The Hall–Kier alpha value is -0.0900. The van der Waals surface area contributed by atoms with E-state index in [0.717, 1.165) is 6.42 Å². The van der Waals surface area contributed by atoms with Gasteiger partial charge in [0.05, 0.1) is 0 Å². The smallest absolute Gasteiger partial charge is 0.00888 e. The number of unbranched alkanes of at least 4 members (excludes halogenated alkanes) is 2. The highest BCUT2D eigenvalue weighted by Gasteiger charge is 1.82. The first kappa shape index (κ1) is 8.91. The summed E-state index contributed by atoms with van der Waals surface area (Å²) in [6.45, 7) is 1.90. The van der Waals surface area contributed by atoms with Crippen LogP contribution in [0, 0.1) is 11.8 Å². The van der Waals surface area contributed by atoms with Crippen molar-refractivity contribution in [1.29, 1.82) is 0 Å². The maximum atomic E-state index is 3.05. The molecule has 0 aliphatic heterocycles. The molecule has 0 aromatic heterocycles. The van der Waals surface area contributed by atoms with E-state index >= 15 is 0 Å². The molecule has 0 heterocycles. The Morgan fingerprint density at radius 2 is 2.11 bits per heavy atom. The van der Waals surface area contributed by atoms with Crippen LogP contribution in [0.25, 0.3) is 0 Å². The van der Waals surface area contributed by atoms with E-state index in [1.807, 2.05) is 18.7 Å². The molecule has 0 rings (SSSR count). The summed E-state index contributed by atoms with van der Waals surface area (Å²) in [4.78, 5) is 0. The third-order valence-electron chi connectivity index (χ3n) is 1.08. The van der Waals surface area contributed by atoms with E-state index in [9.17, 15) is 0 Å². The van der Waals surface area contributed by atoms with Gasteiger partial charge in [0, 0.05) is 6.42 Å². The Morgan fingerprint density at radius 3 is 2.67 bits per heavy atom. The minimum Gasteiger partial charge on any atom is -0.165 e. The van der Waals surface area contributed by atoms with Crippen LogP contribution in [-0.2, 0) is 0 Å². The largest absolute Gasteiger partial charge is 0.165 e. The highest BCUT2D eigenvalue weighted by molar-refractivity contribution is 7.98. The average molecular weight is 142 g/mol. The van der Waals surface area contributed by atoms with Gasteiger partial charge in [-0.15, -0.1) is 11.8 Å². The molecule has 0 N–H and O–H groups in total. The summed E-state index contributed by atoms with van der Waals surface area (Å²) in [5.74, 6) is 7.22. The highest BCUT2D eigenvalue weighted by atomic mass is 32.2. The first-order valence-corrected chi connectivity index (χ1v) is 4.69. The van der Waals surface area contributed by atoms with Crippen LogP contribution < -0.4 is 0 Å². The van der Waals surface area contributed by atoms with Gasteiger partial charge in [-0.25, -0.2) is 0 Å². The number of hydrogen-bond acceptors (Lipinski definition) is 1. The van der Waals surface area contributed by atoms with E-state index in [0.29, 0.717) is 0 Å². The summed E-state index contributed by atoms with van der Waals surface area (Å²) in [6.07, 6.45) is 5.81. The zero-order valence-corrected chi connectivity index (χ0v) is 7.05. The fourth-order valence-corrected chi connectivity index (χ4v) is 1.08. The molecule has 0 saturated carbocycles. The average Bonchev–Trinajstić information content (AvgIpc) is 1.89. The van der Waals surface area contributed by atoms with Gasteiger partial charge in [-0.2, -0.15) is 11.8 Å². The van der Waals surface area contributed by atoms with Gasteiger partial charge in [0.2, 0.25) is 0 Å². The predicted molar refractivity (Wildman–Crippen MR) is 45.7 cm³/mol. The van der Waals surface area contributed by atoms with Crippen molar-refractivity contribution in [3.8, 4) is 11.8 Å². The Bertz CT molecular complexity index is 96.9. The molecule has 0 spiro atoms. The van der Waals surface area contributed by atoms with Crippen LogP contribution in [0.5, 0.6) is 0 Å². The molecule has 0 nitrogen and oxygen atoms in total. The highest BCUT2D eigenvalue weighted by Crippen LogP contribution is 2.00. The number of hydrogen-bond donors (Lipinski definition) is 0. The van der Waals surface area contributed by atoms with Crippen LogP contribution in [0.3, 0.4) is 0 Å². The van der Waals surface area contributed by atoms with E-state index in [-0.39, 0.29) is 0 Å². The Morgan fingerprint density at radius 1 is 1.33 bits per heavy atom. The minimum atomic E-state index is 1.08. The predicted octanol–water partition coefficient (Wildman–Crippen LogP) is 2.54. The Labute approximate surface area is 62.4 Å². The van der Waals surface area contributed by atoms with Crippen molar-refractivity contribution >= 4 is 11.8 Å². The summed E-state index contributed by atoms with van der Waals surface area (Å²) >= 11 is 1.91. The molecule has 0 aliphatic rings. The van der Waals surface area contributed by atoms with Crippen LogP contribution in [0.2, 0.25) is 0 Å². The molecular weight excluding hydrogens is 128 g/mol. The first-order chi connectivity index (χ1) is 4.41. The molecule has 52 valence electrons. The van der Waals surface area contributed by atoms with Crippen molar-refractivity contribution in [3.63, 3.8) is 0 Å². The maximum absolute atomic E-state index is 3.05. The summed E-state index contributed by atoms with van der Waals surface area (Å²) in [5.41, 5.74) is 0. The second kappa shape index (κ2) is 7.91. The molecule has 0 atom stereocenters. The monoisotopic (exact) mass is 142 g/mol. The van der Waals surface area contributed by atoms with Crippen molar-refractivity contribution in [2.45, 2.75) is 26.2 Å². The van der Waals surface area contributed by atoms with Crippen molar-refractivity contribution in [3.05, 3.63) is 0 Å². The normalized spacial score (nSPS) is 8.22. The second-order valence-corrected chi connectivity index (χ2v) is 2.86. The lowest BCUT2D eigenvalue weighted by atomic mass is 10.2. The molecular formula is C8H14S. The summed E-state index contributed by atoms with van der Waals surface area (Å²) < 4.78 is 0. The van der Waals surface area contributed by atoms with Gasteiger partial charge in [-0.05, 0) is 31.8 Å². The Balaban J connectivity index is 2.80. The topological polar surface area (TPSA) is 0 Å². The summed E-state index contributed by atoms with van der Waals surface area (Å²) in [7, 11) is 0. The molecule has 0 aliphatic carbocycles. The lowest BCUT2D eigenvalue weighted by Crippen LogP contribution is -1.76. The van der Waals surface area contributed by atoms with Gasteiger partial charge in [-0.3, -0.25) is 0 Å². The molecule has 0 amide bonds. The minimum absolute atomic E-state index is 1.08. The maximum Gasteiger partial charge on any atom is 0.00888 e. The van der Waals surface area contributed by atoms with Crippen molar-refractivity contribution < 1.29 is 0 Å². The first-order valence-electron chi connectivity index (χ1n) is 3.30. The fourth-order valence-electron chi connectivity index (χ4n) is 0.585. The quantitative estimate of drug-likeness (QED) is 0.429. The zero-order valence-electron chi connectivity index (χ0n) is 6.24. The zero-order chi connectivity index (χ0) is 6.95. The van der Waals surface area contributed by atoms with Gasteiger partial charge in [0.1, 0.15) is 0 Å². The lowest BCUT2D eigenvalue weighted by Gasteiger charge is -1.91. The molecule has 0 bridgehead atoms. The third-order valence-corrected chi connectivity index (χ3v) is 1.77. The van der Waals surface area contributed by atoms with E-state index in [1.165, 1.54) is 18.6 Å². The number of thioether (sulfide) groups is 1. The van der Waals surface area contributed by atoms with Crippen LogP contribution in [-0.4, -0.2) is 12.0 Å². The van der Waals surface area contributed by atoms with Gasteiger partial charge >= 0.3 is 0 Å². The van der Waals surface area contributed by atoms with Crippen molar-refractivity contribution in [1.82, 2.24) is 0 Å². The molecule has 0 unspecified atom stereocenters. The second-order valence-electron chi connectivity index (χ2n) is 1.88. The van der Waals surface area contributed by atoms with Gasteiger partial charge in [0.15, 0.2) is 0 Å². The Kier molecular flexibility index (Phi) is 7.83.